The zero-order valence-electron chi connectivity index (χ0n) is 10.7. The number of carbonyl (C=O) groups is 1. The van der Waals surface area contributed by atoms with Gasteiger partial charge in [-0.2, -0.15) is 0 Å². The maximum absolute atomic E-state index is 11.5. The summed E-state index contributed by atoms with van der Waals surface area (Å²) in [6.45, 7) is 2.66. The van der Waals surface area contributed by atoms with Gasteiger partial charge in [-0.25, -0.2) is 4.79 Å². The van der Waals surface area contributed by atoms with Gasteiger partial charge in [0.15, 0.2) is 0 Å². The first-order valence-electron chi connectivity index (χ1n) is 5.84. The first kappa shape index (κ1) is 15.6. The Kier molecular flexibility index (Phi) is 5.49. The zero-order valence-corrected chi connectivity index (χ0v) is 10.7. The number of ether oxygens (including phenoxy) is 1. The number of aliphatic hydroxyl groups excluding tert-OH is 4. The molecule has 0 saturated heterocycles. The smallest absolute Gasteiger partial charge is 0.341 e. The van der Waals surface area contributed by atoms with Gasteiger partial charge in [0.05, 0.1) is 13.2 Å². The van der Waals surface area contributed by atoms with Crippen LogP contribution in [0.1, 0.15) is 34.9 Å². The summed E-state index contributed by atoms with van der Waals surface area (Å²) in [4.78, 5) is 11.5. The zero-order chi connectivity index (χ0) is 14.6. The Morgan fingerprint density at radius 2 is 2.05 bits per heavy atom. The van der Waals surface area contributed by atoms with Gasteiger partial charge in [-0.05, 0) is 19.9 Å². The molecule has 3 atom stereocenters. The van der Waals surface area contributed by atoms with Crippen LogP contribution in [0.25, 0.3) is 0 Å². The van der Waals surface area contributed by atoms with E-state index in [1.807, 2.05) is 0 Å². The van der Waals surface area contributed by atoms with Gasteiger partial charge in [0, 0.05) is 0 Å². The van der Waals surface area contributed by atoms with Crippen molar-refractivity contribution in [3.8, 4) is 0 Å². The lowest BCUT2D eigenvalue weighted by atomic mass is 10.1. The quantitative estimate of drug-likeness (QED) is 0.517. The van der Waals surface area contributed by atoms with Crippen LogP contribution < -0.4 is 0 Å². The third kappa shape index (κ3) is 3.54. The lowest BCUT2D eigenvalue weighted by molar-refractivity contribution is -0.0837. The Hall–Kier alpha value is -1.41. The number of hydrogen-bond acceptors (Lipinski definition) is 7. The van der Waals surface area contributed by atoms with Gasteiger partial charge in [0.1, 0.15) is 35.4 Å². The molecule has 0 bridgehead atoms. The highest BCUT2D eigenvalue weighted by molar-refractivity contribution is 5.90. The molecule has 1 aromatic heterocycles. The van der Waals surface area contributed by atoms with E-state index >= 15 is 0 Å². The molecule has 4 N–H and O–H groups in total. The van der Waals surface area contributed by atoms with Crippen LogP contribution in [-0.2, 0) is 4.74 Å². The van der Waals surface area contributed by atoms with Crippen LogP contribution in [0.4, 0.5) is 0 Å². The van der Waals surface area contributed by atoms with Crippen molar-refractivity contribution in [3.05, 3.63) is 23.2 Å². The molecule has 3 unspecified atom stereocenters. The minimum Gasteiger partial charge on any atom is -0.463 e. The van der Waals surface area contributed by atoms with E-state index in [0.29, 0.717) is 0 Å². The third-order valence-electron chi connectivity index (χ3n) is 2.63. The van der Waals surface area contributed by atoms with E-state index in [0.717, 1.165) is 0 Å². The summed E-state index contributed by atoms with van der Waals surface area (Å²) in [6.07, 6.45) is -4.68. The predicted octanol–water partition coefficient (Wildman–Crippen LogP) is -0.488. The lowest BCUT2D eigenvalue weighted by Crippen LogP contribution is -2.34. The molecule has 0 amide bonds. The molecule has 0 aliphatic carbocycles. The molecule has 0 radical (unpaired) electrons. The fraction of sp³-hybridized carbons (Fsp3) is 0.583. The molecular formula is C12H18O7. The fourth-order valence-electron chi connectivity index (χ4n) is 1.55. The van der Waals surface area contributed by atoms with Crippen molar-refractivity contribution in [1.82, 2.24) is 0 Å². The second kappa shape index (κ2) is 6.67. The molecule has 0 fully saturated rings. The van der Waals surface area contributed by atoms with Gasteiger partial charge in [-0.1, -0.05) is 0 Å². The molecular weight excluding hydrogens is 256 g/mol. The summed E-state index contributed by atoms with van der Waals surface area (Å²) in [5.41, 5.74) is 0.140. The highest BCUT2D eigenvalue weighted by Gasteiger charge is 2.29. The molecule has 0 spiro atoms. The molecule has 0 aliphatic rings. The average Bonchev–Trinajstić information content (AvgIpc) is 2.78. The van der Waals surface area contributed by atoms with Crippen molar-refractivity contribution in [3.63, 3.8) is 0 Å². The minimum absolute atomic E-state index is 0.0828. The monoisotopic (exact) mass is 274 g/mol. The molecule has 0 aromatic carbocycles. The topological polar surface area (TPSA) is 120 Å². The fourth-order valence-corrected chi connectivity index (χ4v) is 1.55. The Labute approximate surface area is 110 Å². The maximum atomic E-state index is 11.5. The standard InChI is InChI=1S/C12H18O7/c1-3-18-12(17)7-4-9(19-6(7)2)11(16)10(15)8(14)5-13/h4,8,10-11,13-16H,3,5H2,1-2H3. The molecule has 7 heteroatoms. The summed E-state index contributed by atoms with van der Waals surface area (Å²) in [5, 5.41) is 37.2. The number of furan rings is 1. The normalized spacial score (nSPS) is 15.9. The highest BCUT2D eigenvalue weighted by atomic mass is 16.5. The largest absolute Gasteiger partial charge is 0.463 e. The maximum Gasteiger partial charge on any atom is 0.341 e. The van der Waals surface area contributed by atoms with E-state index in [9.17, 15) is 20.1 Å². The molecule has 1 heterocycles. The third-order valence-corrected chi connectivity index (χ3v) is 2.63. The van der Waals surface area contributed by atoms with E-state index < -0.39 is 30.9 Å². The molecule has 108 valence electrons. The number of aryl methyl sites for hydroxylation is 1. The Morgan fingerprint density at radius 3 is 2.58 bits per heavy atom. The van der Waals surface area contributed by atoms with Gasteiger partial charge in [-0.15, -0.1) is 0 Å². The molecule has 1 aromatic rings. The summed E-state index contributed by atoms with van der Waals surface area (Å²) < 4.78 is 9.95. The van der Waals surface area contributed by atoms with Gasteiger partial charge in [-0.3, -0.25) is 0 Å². The van der Waals surface area contributed by atoms with E-state index in [2.05, 4.69) is 0 Å². The van der Waals surface area contributed by atoms with Gasteiger partial charge in [0.25, 0.3) is 0 Å². The predicted molar refractivity (Wildman–Crippen MR) is 63.5 cm³/mol. The Balaban J connectivity index is 2.91. The van der Waals surface area contributed by atoms with Gasteiger partial charge < -0.3 is 29.6 Å². The highest BCUT2D eigenvalue weighted by Crippen LogP contribution is 2.25. The van der Waals surface area contributed by atoms with Crippen LogP contribution in [0, 0.1) is 6.92 Å². The summed E-state index contributed by atoms with van der Waals surface area (Å²) in [6, 6.07) is 1.24. The van der Waals surface area contributed by atoms with Crippen molar-refractivity contribution < 1.29 is 34.4 Å². The molecule has 1 rings (SSSR count). The molecule has 7 nitrogen and oxygen atoms in total. The van der Waals surface area contributed by atoms with Gasteiger partial charge in [0.2, 0.25) is 0 Å². The molecule has 19 heavy (non-hydrogen) atoms. The first-order chi connectivity index (χ1) is 8.92. The van der Waals surface area contributed by atoms with Crippen molar-refractivity contribution in [2.75, 3.05) is 13.2 Å². The lowest BCUT2D eigenvalue weighted by Gasteiger charge is -2.19. The van der Waals surface area contributed by atoms with Crippen LogP contribution in [-0.4, -0.2) is 51.8 Å². The number of carbonyl (C=O) groups excluding carboxylic acids is 1. The van der Waals surface area contributed by atoms with Crippen molar-refractivity contribution >= 4 is 5.97 Å². The second-order valence-electron chi connectivity index (χ2n) is 4.02. The number of rotatable bonds is 6. The Morgan fingerprint density at radius 1 is 1.42 bits per heavy atom. The summed E-state index contributed by atoms with van der Waals surface area (Å²) >= 11 is 0. The number of hydrogen-bond donors (Lipinski definition) is 4. The minimum atomic E-state index is -1.62. The van der Waals surface area contributed by atoms with Crippen LogP contribution >= 0.6 is 0 Å². The molecule has 0 aliphatic heterocycles. The van der Waals surface area contributed by atoms with Crippen LogP contribution in [0.5, 0.6) is 0 Å². The van der Waals surface area contributed by atoms with Crippen LogP contribution in [0.2, 0.25) is 0 Å². The van der Waals surface area contributed by atoms with Gasteiger partial charge >= 0.3 is 5.97 Å². The van der Waals surface area contributed by atoms with E-state index in [1.54, 1.807) is 6.92 Å². The van der Waals surface area contributed by atoms with E-state index in [1.165, 1.54) is 13.0 Å². The van der Waals surface area contributed by atoms with E-state index in [4.69, 9.17) is 14.3 Å². The summed E-state index contributed by atoms with van der Waals surface area (Å²) in [5.74, 6) is -0.446. The summed E-state index contributed by atoms with van der Waals surface area (Å²) in [7, 11) is 0. The van der Waals surface area contributed by atoms with Crippen molar-refractivity contribution in [1.29, 1.82) is 0 Å². The van der Waals surface area contributed by atoms with E-state index in [-0.39, 0.29) is 23.7 Å². The van der Waals surface area contributed by atoms with Crippen LogP contribution in [0.15, 0.2) is 10.5 Å². The molecule has 0 saturated carbocycles. The Bertz CT molecular complexity index is 426. The SMILES string of the molecule is CCOC(=O)c1cc(C(O)C(O)C(O)CO)oc1C. The van der Waals surface area contributed by atoms with Crippen molar-refractivity contribution in [2.45, 2.75) is 32.2 Å². The van der Waals surface area contributed by atoms with Crippen LogP contribution in [0.3, 0.4) is 0 Å². The number of esters is 1. The van der Waals surface area contributed by atoms with Crippen molar-refractivity contribution in [2.24, 2.45) is 0 Å². The number of aliphatic hydroxyl groups is 4. The average molecular weight is 274 g/mol. The second-order valence-corrected chi connectivity index (χ2v) is 4.02. The first-order valence-corrected chi connectivity index (χ1v) is 5.84.